The fraction of sp³-hybridized carbons (Fsp3) is 0.286. The minimum Gasteiger partial charge on any atom is -0.282 e. The second-order valence-electron chi connectivity index (χ2n) is 4.51. The first kappa shape index (κ1) is 13.1. The zero-order valence-corrected chi connectivity index (χ0v) is 11.5. The summed E-state index contributed by atoms with van der Waals surface area (Å²) in [5, 5.41) is 1.88. The van der Waals surface area contributed by atoms with Gasteiger partial charge < -0.3 is 0 Å². The van der Waals surface area contributed by atoms with Crippen molar-refractivity contribution in [2.75, 3.05) is 0 Å². The highest BCUT2D eigenvalue weighted by Gasteiger charge is 2.16. The van der Waals surface area contributed by atoms with E-state index >= 15 is 0 Å². The number of hydrogen-bond acceptors (Lipinski definition) is 2. The van der Waals surface area contributed by atoms with Gasteiger partial charge in [-0.15, -0.1) is 0 Å². The van der Waals surface area contributed by atoms with Crippen molar-refractivity contribution in [2.45, 2.75) is 32.1 Å². The van der Waals surface area contributed by atoms with Crippen LogP contribution in [0.3, 0.4) is 0 Å². The van der Waals surface area contributed by atoms with Crippen LogP contribution in [0.2, 0.25) is 0 Å². The van der Waals surface area contributed by atoms with Gasteiger partial charge in [0.2, 0.25) is 0 Å². The van der Waals surface area contributed by atoms with Crippen LogP contribution < -0.4 is 0 Å². The van der Waals surface area contributed by atoms with Crippen molar-refractivity contribution in [1.29, 1.82) is 0 Å². The second kappa shape index (κ2) is 4.37. The van der Waals surface area contributed by atoms with E-state index in [0.717, 1.165) is 28.3 Å². The number of benzene rings is 2. The smallest absolute Gasteiger partial charge is 0.282 e. The Bertz CT molecular complexity index is 715. The van der Waals surface area contributed by atoms with Crippen LogP contribution in [0.5, 0.6) is 0 Å². The number of aryl methyl sites for hydroxylation is 2. The fourth-order valence-corrected chi connectivity index (χ4v) is 3.01. The lowest BCUT2D eigenvalue weighted by atomic mass is 9.98. The molecule has 0 saturated carbocycles. The van der Waals surface area contributed by atoms with E-state index in [2.05, 4.69) is 0 Å². The molecule has 0 bridgehead atoms. The van der Waals surface area contributed by atoms with Crippen LogP contribution in [0.1, 0.15) is 23.6 Å². The minimum absolute atomic E-state index is 0.000697. The molecule has 2 aromatic carbocycles. The molecule has 2 aromatic rings. The molecule has 0 unspecified atom stereocenters. The van der Waals surface area contributed by atoms with E-state index in [1.807, 2.05) is 32.0 Å². The van der Waals surface area contributed by atoms with Crippen LogP contribution >= 0.6 is 0 Å². The maximum Gasteiger partial charge on any atom is 0.294 e. The SMILES string of the molecule is CCc1ccc2c(C)c(C)c(S(=O)(=O)O)cc2c1. The summed E-state index contributed by atoms with van der Waals surface area (Å²) in [5.74, 6) is 0. The van der Waals surface area contributed by atoms with E-state index in [1.165, 1.54) is 0 Å². The zero-order valence-electron chi connectivity index (χ0n) is 10.7. The van der Waals surface area contributed by atoms with Gasteiger partial charge in [0.25, 0.3) is 10.1 Å². The molecule has 0 saturated heterocycles. The molecular formula is C14H16O3S. The fourth-order valence-electron chi connectivity index (χ4n) is 2.20. The van der Waals surface area contributed by atoms with Crippen molar-refractivity contribution in [3.63, 3.8) is 0 Å². The molecule has 0 aliphatic heterocycles. The van der Waals surface area contributed by atoms with Crippen molar-refractivity contribution in [2.24, 2.45) is 0 Å². The van der Waals surface area contributed by atoms with Crippen LogP contribution in [0, 0.1) is 13.8 Å². The predicted octanol–water partition coefficient (Wildman–Crippen LogP) is 3.27. The highest BCUT2D eigenvalue weighted by Crippen LogP contribution is 2.28. The lowest BCUT2D eigenvalue weighted by Crippen LogP contribution is -2.03. The number of hydrogen-bond donors (Lipinski definition) is 1. The first-order valence-electron chi connectivity index (χ1n) is 5.85. The molecule has 0 aliphatic carbocycles. The molecule has 0 fully saturated rings. The summed E-state index contributed by atoms with van der Waals surface area (Å²) in [6.45, 7) is 5.63. The Morgan fingerprint density at radius 2 is 1.78 bits per heavy atom. The third-order valence-corrected chi connectivity index (χ3v) is 4.40. The van der Waals surface area contributed by atoms with Gasteiger partial charge >= 0.3 is 0 Å². The molecule has 0 aliphatic rings. The zero-order chi connectivity index (χ0) is 13.5. The molecule has 0 aromatic heterocycles. The van der Waals surface area contributed by atoms with Crippen LogP contribution in [-0.4, -0.2) is 13.0 Å². The molecule has 18 heavy (non-hydrogen) atoms. The van der Waals surface area contributed by atoms with Crippen molar-refractivity contribution in [3.05, 3.63) is 41.0 Å². The molecule has 0 radical (unpaired) electrons. The quantitative estimate of drug-likeness (QED) is 0.847. The molecule has 2 rings (SSSR count). The molecular weight excluding hydrogens is 248 g/mol. The van der Waals surface area contributed by atoms with E-state index in [-0.39, 0.29) is 4.90 Å². The Morgan fingerprint density at radius 3 is 2.33 bits per heavy atom. The van der Waals surface area contributed by atoms with Gasteiger partial charge in [0, 0.05) is 0 Å². The largest absolute Gasteiger partial charge is 0.294 e. The third-order valence-electron chi connectivity index (χ3n) is 3.42. The topological polar surface area (TPSA) is 54.4 Å². The standard InChI is InChI=1S/C14H16O3S/c1-4-11-5-6-13-9(2)10(3)14(18(15,16)17)8-12(13)7-11/h5-8H,4H2,1-3H3,(H,15,16,17). The van der Waals surface area contributed by atoms with Crippen LogP contribution in [0.15, 0.2) is 29.2 Å². The van der Waals surface area contributed by atoms with Gasteiger partial charge in [0.15, 0.2) is 0 Å². The van der Waals surface area contributed by atoms with E-state index in [1.54, 1.807) is 13.0 Å². The van der Waals surface area contributed by atoms with Crippen molar-refractivity contribution < 1.29 is 13.0 Å². The maximum absolute atomic E-state index is 11.4. The molecule has 0 atom stereocenters. The second-order valence-corrected chi connectivity index (χ2v) is 5.90. The Balaban J connectivity index is 2.88. The lowest BCUT2D eigenvalue weighted by molar-refractivity contribution is 0.482. The van der Waals surface area contributed by atoms with Gasteiger partial charge in [-0.25, -0.2) is 0 Å². The Hall–Kier alpha value is -1.39. The summed E-state index contributed by atoms with van der Waals surface area (Å²) < 4.78 is 32.0. The van der Waals surface area contributed by atoms with Crippen molar-refractivity contribution in [1.82, 2.24) is 0 Å². The summed E-state index contributed by atoms with van der Waals surface area (Å²) in [6, 6.07) is 7.56. The average molecular weight is 264 g/mol. The Labute approximate surface area is 107 Å². The van der Waals surface area contributed by atoms with E-state index < -0.39 is 10.1 Å². The van der Waals surface area contributed by atoms with Crippen LogP contribution in [-0.2, 0) is 16.5 Å². The molecule has 4 heteroatoms. The Morgan fingerprint density at radius 1 is 1.11 bits per heavy atom. The van der Waals surface area contributed by atoms with Crippen LogP contribution in [0.4, 0.5) is 0 Å². The lowest BCUT2D eigenvalue weighted by Gasteiger charge is -2.11. The molecule has 0 spiro atoms. The monoisotopic (exact) mass is 264 g/mol. The molecule has 96 valence electrons. The van der Waals surface area contributed by atoms with E-state index in [4.69, 9.17) is 0 Å². The van der Waals surface area contributed by atoms with Gasteiger partial charge in [-0.3, -0.25) is 4.55 Å². The minimum atomic E-state index is -4.17. The predicted molar refractivity (Wildman–Crippen MR) is 72.6 cm³/mol. The van der Waals surface area contributed by atoms with Crippen molar-refractivity contribution in [3.8, 4) is 0 Å². The number of fused-ring (bicyclic) bond motifs is 1. The van der Waals surface area contributed by atoms with Gasteiger partial charge in [0.1, 0.15) is 0 Å². The highest BCUT2D eigenvalue weighted by atomic mass is 32.2. The number of rotatable bonds is 2. The van der Waals surface area contributed by atoms with E-state index in [9.17, 15) is 13.0 Å². The Kier molecular flexibility index (Phi) is 3.17. The summed E-state index contributed by atoms with van der Waals surface area (Å²) in [7, 11) is -4.17. The first-order chi connectivity index (χ1) is 8.34. The van der Waals surface area contributed by atoms with Gasteiger partial charge in [-0.2, -0.15) is 8.42 Å². The highest BCUT2D eigenvalue weighted by molar-refractivity contribution is 7.85. The molecule has 1 N–H and O–H groups in total. The summed E-state index contributed by atoms with van der Waals surface area (Å²) in [6.07, 6.45) is 0.893. The van der Waals surface area contributed by atoms with Crippen LogP contribution in [0.25, 0.3) is 10.8 Å². The molecule has 0 amide bonds. The van der Waals surface area contributed by atoms with Gasteiger partial charge in [-0.1, -0.05) is 25.1 Å². The summed E-state index contributed by atoms with van der Waals surface area (Å²) >= 11 is 0. The molecule has 0 heterocycles. The summed E-state index contributed by atoms with van der Waals surface area (Å²) in [5.41, 5.74) is 2.64. The van der Waals surface area contributed by atoms with Crippen molar-refractivity contribution >= 4 is 20.9 Å². The molecule has 3 nitrogen and oxygen atoms in total. The first-order valence-corrected chi connectivity index (χ1v) is 7.29. The maximum atomic E-state index is 11.4. The van der Waals surface area contributed by atoms with E-state index in [0.29, 0.717) is 5.56 Å². The normalized spacial score (nSPS) is 12.0. The summed E-state index contributed by atoms with van der Waals surface area (Å²) in [4.78, 5) is 0.000697. The van der Waals surface area contributed by atoms with Gasteiger partial charge in [0.05, 0.1) is 4.90 Å². The average Bonchev–Trinajstić information content (AvgIpc) is 2.31. The van der Waals surface area contributed by atoms with Gasteiger partial charge in [-0.05, 0) is 53.8 Å². The third kappa shape index (κ3) is 2.13.